The molecule has 2 N–H and O–H groups in total. The van der Waals surface area contributed by atoms with Crippen molar-refractivity contribution in [1.29, 1.82) is 0 Å². The van der Waals surface area contributed by atoms with Gasteiger partial charge in [0.2, 0.25) is 0 Å². The summed E-state index contributed by atoms with van der Waals surface area (Å²) in [5.74, 6) is -0.248. The summed E-state index contributed by atoms with van der Waals surface area (Å²) >= 11 is 3.22. The third-order valence-corrected chi connectivity index (χ3v) is 3.93. The van der Waals surface area contributed by atoms with Crippen LogP contribution < -0.4 is 5.32 Å². The Hall–Kier alpha value is -0.200. The van der Waals surface area contributed by atoms with Gasteiger partial charge in [-0.05, 0) is 40.0 Å². The van der Waals surface area contributed by atoms with Gasteiger partial charge in [-0.15, -0.1) is 12.4 Å². The smallest absolute Gasteiger partial charge is 0.137 e. The first kappa shape index (κ1) is 16.9. The number of aliphatic hydroxyl groups excluding tert-OH is 1. The van der Waals surface area contributed by atoms with Gasteiger partial charge in [-0.25, -0.2) is 4.39 Å². The van der Waals surface area contributed by atoms with Crippen LogP contribution in [0.2, 0.25) is 0 Å². The van der Waals surface area contributed by atoms with Crippen molar-refractivity contribution in [2.24, 2.45) is 0 Å². The average Bonchev–Trinajstić information content (AvgIpc) is 2.40. The predicted octanol–water partition coefficient (Wildman–Crippen LogP) is 2.34. The summed E-state index contributed by atoms with van der Waals surface area (Å²) in [6, 6.07) is 5.26. The van der Waals surface area contributed by atoms with E-state index in [4.69, 9.17) is 0 Å². The van der Waals surface area contributed by atoms with Crippen molar-refractivity contribution in [1.82, 2.24) is 10.2 Å². The summed E-state index contributed by atoms with van der Waals surface area (Å²) in [5, 5.41) is 12.5. The van der Waals surface area contributed by atoms with E-state index in [9.17, 15) is 9.50 Å². The first-order valence-corrected chi connectivity index (χ1v) is 7.02. The molecular formula is C13H19BrClFN2O. The molecule has 3 nitrogen and oxygen atoms in total. The first-order valence-electron chi connectivity index (χ1n) is 6.23. The van der Waals surface area contributed by atoms with E-state index in [0.29, 0.717) is 10.9 Å². The van der Waals surface area contributed by atoms with Gasteiger partial charge in [0.15, 0.2) is 0 Å². The Bertz CT molecular complexity index is 402. The van der Waals surface area contributed by atoms with Gasteiger partial charge in [-0.3, -0.25) is 4.90 Å². The fraction of sp³-hybridized carbons (Fsp3) is 0.538. The molecule has 108 valence electrons. The minimum atomic E-state index is -0.248. The van der Waals surface area contributed by atoms with E-state index in [2.05, 4.69) is 26.1 Å². The van der Waals surface area contributed by atoms with Crippen LogP contribution in [-0.2, 0) is 0 Å². The predicted molar refractivity (Wildman–Crippen MR) is 80.2 cm³/mol. The van der Waals surface area contributed by atoms with Crippen LogP contribution in [0.3, 0.4) is 0 Å². The zero-order valence-corrected chi connectivity index (χ0v) is 13.0. The van der Waals surface area contributed by atoms with Crippen LogP contribution in [0.1, 0.15) is 18.0 Å². The minimum Gasteiger partial charge on any atom is -0.396 e. The van der Waals surface area contributed by atoms with Gasteiger partial charge in [0.05, 0.1) is 4.47 Å². The standard InChI is InChI=1S/C13H18BrFN2O.ClH/c14-11-9-10(1-2-12(11)15)13(3-8-18)17-6-4-16-5-7-17;/h1-2,9,13,16,18H,3-8H2;1H/t13-;/m1./s1. The molecule has 1 fully saturated rings. The van der Waals surface area contributed by atoms with E-state index in [1.807, 2.05) is 12.1 Å². The summed E-state index contributed by atoms with van der Waals surface area (Å²) < 4.78 is 13.8. The first-order chi connectivity index (χ1) is 8.72. The highest BCUT2D eigenvalue weighted by Gasteiger charge is 2.22. The molecule has 1 saturated heterocycles. The molecule has 0 saturated carbocycles. The Balaban J connectivity index is 0.00000180. The Morgan fingerprint density at radius 1 is 1.37 bits per heavy atom. The Labute approximate surface area is 127 Å². The van der Waals surface area contributed by atoms with Gasteiger partial charge in [-0.2, -0.15) is 0 Å². The molecule has 1 aromatic carbocycles. The van der Waals surface area contributed by atoms with Crippen LogP contribution >= 0.6 is 28.3 Å². The van der Waals surface area contributed by atoms with E-state index in [0.717, 1.165) is 31.7 Å². The van der Waals surface area contributed by atoms with Crippen molar-refractivity contribution in [3.05, 3.63) is 34.1 Å². The van der Waals surface area contributed by atoms with Crippen molar-refractivity contribution in [2.45, 2.75) is 12.5 Å². The lowest BCUT2D eigenvalue weighted by atomic mass is 10.0. The molecule has 1 aliphatic rings. The fourth-order valence-electron chi connectivity index (χ4n) is 2.40. The third-order valence-electron chi connectivity index (χ3n) is 3.32. The zero-order chi connectivity index (χ0) is 13.0. The highest BCUT2D eigenvalue weighted by molar-refractivity contribution is 9.10. The second kappa shape index (κ2) is 8.17. The molecule has 0 unspecified atom stereocenters. The maximum atomic E-state index is 13.3. The normalized spacial score (nSPS) is 17.8. The Morgan fingerprint density at radius 2 is 2.05 bits per heavy atom. The zero-order valence-electron chi connectivity index (χ0n) is 10.6. The Kier molecular flexibility index (Phi) is 7.25. The molecule has 0 aliphatic carbocycles. The Morgan fingerprint density at radius 3 is 2.63 bits per heavy atom. The number of benzene rings is 1. The van der Waals surface area contributed by atoms with E-state index >= 15 is 0 Å². The van der Waals surface area contributed by atoms with Crippen LogP contribution in [0.25, 0.3) is 0 Å². The lowest BCUT2D eigenvalue weighted by molar-refractivity contribution is 0.141. The van der Waals surface area contributed by atoms with Crippen LogP contribution in [0, 0.1) is 5.82 Å². The van der Waals surface area contributed by atoms with Crippen molar-refractivity contribution >= 4 is 28.3 Å². The molecule has 0 radical (unpaired) electrons. The van der Waals surface area contributed by atoms with Crippen molar-refractivity contribution in [2.75, 3.05) is 32.8 Å². The number of aliphatic hydroxyl groups is 1. The number of halogens is 3. The molecule has 1 heterocycles. The van der Waals surface area contributed by atoms with Crippen molar-refractivity contribution < 1.29 is 9.50 Å². The van der Waals surface area contributed by atoms with E-state index in [1.54, 1.807) is 0 Å². The molecule has 1 aromatic rings. The maximum Gasteiger partial charge on any atom is 0.137 e. The minimum absolute atomic E-state index is 0. The van der Waals surface area contributed by atoms with Crippen molar-refractivity contribution in [3.8, 4) is 0 Å². The quantitative estimate of drug-likeness (QED) is 0.872. The number of hydrogen-bond acceptors (Lipinski definition) is 3. The number of rotatable bonds is 4. The second-order valence-corrected chi connectivity index (χ2v) is 5.34. The topological polar surface area (TPSA) is 35.5 Å². The largest absolute Gasteiger partial charge is 0.396 e. The van der Waals surface area contributed by atoms with Crippen molar-refractivity contribution in [3.63, 3.8) is 0 Å². The van der Waals surface area contributed by atoms with Gasteiger partial charge in [0, 0.05) is 38.8 Å². The average molecular weight is 354 g/mol. The molecule has 0 spiro atoms. The SMILES string of the molecule is Cl.OCC[C@H](c1ccc(F)c(Br)c1)N1CCNCC1. The molecule has 19 heavy (non-hydrogen) atoms. The molecular weight excluding hydrogens is 335 g/mol. The number of hydrogen-bond donors (Lipinski definition) is 2. The maximum absolute atomic E-state index is 13.3. The molecule has 0 aromatic heterocycles. The summed E-state index contributed by atoms with van der Waals surface area (Å²) in [7, 11) is 0. The highest BCUT2D eigenvalue weighted by Crippen LogP contribution is 2.28. The highest BCUT2D eigenvalue weighted by atomic mass is 79.9. The lowest BCUT2D eigenvalue weighted by Crippen LogP contribution is -2.45. The van der Waals surface area contributed by atoms with E-state index in [-0.39, 0.29) is 30.9 Å². The molecule has 2 rings (SSSR count). The fourth-order valence-corrected chi connectivity index (χ4v) is 2.79. The summed E-state index contributed by atoms with van der Waals surface area (Å²) in [4.78, 5) is 2.34. The van der Waals surface area contributed by atoms with Crippen LogP contribution in [0.15, 0.2) is 22.7 Å². The molecule has 1 atom stereocenters. The molecule has 6 heteroatoms. The van der Waals surface area contributed by atoms with Gasteiger partial charge in [-0.1, -0.05) is 6.07 Å². The number of piperazine rings is 1. The summed E-state index contributed by atoms with van der Waals surface area (Å²) in [6.07, 6.45) is 0.679. The summed E-state index contributed by atoms with van der Waals surface area (Å²) in [5.41, 5.74) is 1.05. The second-order valence-electron chi connectivity index (χ2n) is 4.49. The monoisotopic (exact) mass is 352 g/mol. The van der Waals surface area contributed by atoms with Crippen LogP contribution in [0.5, 0.6) is 0 Å². The number of nitrogens with one attached hydrogen (secondary N) is 1. The van der Waals surface area contributed by atoms with E-state index in [1.165, 1.54) is 6.07 Å². The van der Waals surface area contributed by atoms with Gasteiger partial charge in [0.25, 0.3) is 0 Å². The molecule has 1 aliphatic heterocycles. The lowest BCUT2D eigenvalue weighted by Gasteiger charge is -2.35. The van der Waals surface area contributed by atoms with Gasteiger partial charge < -0.3 is 10.4 Å². The van der Waals surface area contributed by atoms with Crippen LogP contribution in [0.4, 0.5) is 4.39 Å². The van der Waals surface area contributed by atoms with Gasteiger partial charge in [0.1, 0.15) is 5.82 Å². The van der Waals surface area contributed by atoms with Gasteiger partial charge >= 0.3 is 0 Å². The molecule has 0 bridgehead atoms. The van der Waals surface area contributed by atoms with Crippen LogP contribution in [-0.4, -0.2) is 42.8 Å². The molecule has 0 amide bonds. The summed E-state index contributed by atoms with van der Waals surface area (Å²) in [6.45, 7) is 3.98. The van der Waals surface area contributed by atoms with E-state index < -0.39 is 0 Å². The number of nitrogens with zero attached hydrogens (tertiary/aromatic N) is 1. The third kappa shape index (κ3) is 4.39.